The van der Waals surface area contributed by atoms with Crippen molar-refractivity contribution in [3.05, 3.63) is 21.9 Å². The maximum absolute atomic E-state index is 5.93. The number of fused-ring (bicyclic) bond motifs is 1. The van der Waals surface area contributed by atoms with Crippen molar-refractivity contribution >= 4 is 11.3 Å². The highest BCUT2D eigenvalue weighted by Crippen LogP contribution is 2.31. The molecule has 0 aliphatic carbocycles. The zero-order chi connectivity index (χ0) is 10.8. The second kappa shape index (κ2) is 4.86. The van der Waals surface area contributed by atoms with Crippen molar-refractivity contribution < 1.29 is 4.74 Å². The fraction of sp³-hybridized carbons (Fsp3) is 0.692. The Labute approximate surface area is 101 Å². The van der Waals surface area contributed by atoms with Crippen LogP contribution in [0.25, 0.3) is 0 Å². The Morgan fingerprint density at radius 1 is 1.31 bits per heavy atom. The molecule has 88 valence electrons. The van der Waals surface area contributed by atoms with E-state index in [1.807, 2.05) is 11.3 Å². The molecule has 2 aliphatic rings. The summed E-state index contributed by atoms with van der Waals surface area (Å²) < 4.78 is 5.93. The quantitative estimate of drug-likeness (QED) is 0.784. The van der Waals surface area contributed by atoms with Crippen molar-refractivity contribution in [2.45, 2.75) is 31.8 Å². The van der Waals surface area contributed by atoms with Gasteiger partial charge in [-0.3, -0.25) is 0 Å². The number of likely N-dealkylation sites (tertiary alicyclic amines) is 1. The maximum atomic E-state index is 5.93. The lowest BCUT2D eigenvalue weighted by atomic mass is 10.0. The van der Waals surface area contributed by atoms with Gasteiger partial charge in [0.15, 0.2) is 0 Å². The molecular weight excluding hydrogens is 218 g/mol. The third kappa shape index (κ3) is 2.17. The molecule has 0 bridgehead atoms. The van der Waals surface area contributed by atoms with Crippen LogP contribution in [0.3, 0.4) is 0 Å². The Hall–Kier alpha value is -0.380. The molecule has 0 radical (unpaired) electrons. The lowest BCUT2D eigenvalue weighted by Gasteiger charge is -2.32. The predicted molar refractivity (Wildman–Crippen MR) is 67.0 cm³/mol. The molecule has 0 unspecified atom stereocenters. The molecule has 0 spiro atoms. The SMILES string of the molecule is c1cc2c(s1)CCO[C@@H]2CN1CCCCC1. The number of thiophene rings is 1. The summed E-state index contributed by atoms with van der Waals surface area (Å²) in [6, 6.07) is 2.26. The molecule has 1 aromatic heterocycles. The van der Waals surface area contributed by atoms with Crippen molar-refractivity contribution in [1.82, 2.24) is 4.90 Å². The third-order valence-corrected chi connectivity index (χ3v) is 4.64. The van der Waals surface area contributed by atoms with E-state index < -0.39 is 0 Å². The van der Waals surface area contributed by atoms with Crippen LogP contribution in [0.4, 0.5) is 0 Å². The van der Waals surface area contributed by atoms with E-state index in [0.717, 1.165) is 19.6 Å². The smallest absolute Gasteiger partial charge is 0.0962 e. The van der Waals surface area contributed by atoms with Gasteiger partial charge in [-0.25, -0.2) is 0 Å². The van der Waals surface area contributed by atoms with Crippen LogP contribution in [-0.2, 0) is 11.2 Å². The van der Waals surface area contributed by atoms with Crippen molar-refractivity contribution in [3.8, 4) is 0 Å². The van der Waals surface area contributed by atoms with E-state index >= 15 is 0 Å². The topological polar surface area (TPSA) is 12.5 Å². The van der Waals surface area contributed by atoms with Gasteiger partial charge in [0.05, 0.1) is 12.7 Å². The van der Waals surface area contributed by atoms with Gasteiger partial charge in [0, 0.05) is 17.8 Å². The van der Waals surface area contributed by atoms with E-state index in [1.54, 1.807) is 4.88 Å². The first-order chi connectivity index (χ1) is 7.93. The van der Waals surface area contributed by atoms with E-state index in [0.29, 0.717) is 6.10 Å². The fourth-order valence-electron chi connectivity index (χ4n) is 2.75. The molecule has 0 amide bonds. The summed E-state index contributed by atoms with van der Waals surface area (Å²) in [5, 5.41) is 2.21. The van der Waals surface area contributed by atoms with Crippen LogP contribution in [0.2, 0.25) is 0 Å². The van der Waals surface area contributed by atoms with Gasteiger partial charge in [0.1, 0.15) is 0 Å². The van der Waals surface area contributed by atoms with Gasteiger partial charge in [-0.05, 0) is 42.9 Å². The number of piperidine rings is 1. The molecule has 2 nitrogen and oxygen atoms in total. The molecule has 1 fully saturated rings. The van der Waals surface area contributed by atoms with Crippen LogP contribution in [0, 0.1) is 0 Å². The van der Waals surface area contributed by atoms with Crippen LogP contribution in [-0.4, -0.2) is 31.1 Å². The number of ether oxygens (including phenoxy) is 1. The second-order valence-electron chi connectivity index (χ2n) is 4.77. The summed E-state index contributed by atoms with van der Waals surface area (Å²) in [6.07, 6.45) is 5.59. The van der Waals surface area contributed by atoms with Gasteiger partial charge in [0.25, 0.3) is 0 Å². The molecule has 1 saturated heterocycles. The molecule has 3 heterocycles. The van der Waals surface area contributed by atoms with Crippen LogP contribution in [0.5, 0.6) is 0 Å². The van der Waals surface area contributed by atoms with Gasteiger partial charge in [-0.15, -0.1) is 11.3 Å². The van der Waals surface area contributed by atoms with E-state index in [1.165, 1.54) is 37.9 Å². The monoisotopic (exact) mass is 237 g/mol. The zero-order valence-electron chi connectivity index (χ0n) is 9.65. The summed E-state index contributed by atoms with van der Waals surface area (Å²) in [4.78, 5) is 4.12. The first-order valence-corrected chi connectivity index (χ1v) is 7.22. The summed E-state index contributed by atoms with van der Waals surface area (Å²) in [7, 11) is 0. The van der Waals surface area contributed by atoms with Crippen LogP contribution in [0.15, 0.2) is 11.4 Å². The first kappa shape index (κ1) is 10.8. The minimum atomic E-state index is 0.341. The van der Waals surface area contributed by atoms with Crippen LogP contribution in [0.1, 0.15) is 35.8 Å². The van der Waals surface area contributed by atoms with Crippen LogP contribution < -0.4 is 0 Å². The van der Waals surface area contributed by atoms with Gasteiger partial charge >= 0.3 is 0 Å². The second-order valence-corrected chi connectivity index (χ2v) is 5.77. The van der Waals surface area contributed by atoms with E-state index in [9.17, 15) is 0 Å². The molecule has 1 aromatic rings. The van der Waals surface area contributed by atoms with Crippen molar-refractivity contribution in [1.29, 1.82) is 0 Å². The zero-order valence-corrected chi connectivity index (χ0v) is 10.5. The highest BCUT2D eigenvalue weighted by atomic mass is 32.1. The lowest BCUT2D eigenvalue weighted by Crippen LogP contribution is -2.35. The average molecular weight is 237 g/mol. The number of hydrogen-bond donors (Lipinski definition) is 0. The van der Waals surface area contributed by atoms with Crippen molar-refractivity contribution in [2.24, 2.45) is 0 Å². The Balaban J connectivity index is 1.67. The van der Waals surface area contributed by atoms with Gasteiger partial charge in [-0.1, -0.05) is 6.42 Å². The molecule has 16 heavy (non-hydrogen) atoms. The van der Waals surface area contributed by atoms with Crippen LogP contribution >= 0.6 is 11.3 Å². The predicted octanol–water partition coefficient (Wildman–Crippen LogP) is 2.85. The van der Waals surface area contributed by atoms with Crippen molar-refractivity contribution in [2.75, 3.05) is 26.2 Å². The number of rotatable bonds is 2. The highest BCUT2D eigenvalue weighted by Gasteiger charge is 2.24. The summed E-state index contributed by atoms with van der Waals surface area (Å²) in [5.74, 6) is 0. The molecular formula is C13H19NOS. The number of nitrogens with zero attached hydrogens (tertiary/aromatic N) is 1. The van der Waals surface area contributed by atoms with Gasteiger partial charge in [0.2, 0.25) is 0 Å². The minimum Gasteiger partial charge on any atom is -0.372 e. The lowest BCUT2D eigenvalue weighted by molar-refractivity contribution is 0.0132. The number of hydrogen-bond acceptors (Lipinski definition) is 3. The summed E-state index contributed by atoms with van der Waals surface area (Å²) >= 11 is 1.89. The normalized spacial score (nSPS) is 26.6. The maximum Gasteiger partial charge on any atom is 0.0962 e. The molecule has 2 aliphatic heterocycles. The summed E-state index contributed by atoms with van der Waals surface area (Å²) in [6.45, 7) is 4.54. The van der Waals surface area contributed by atoms with E-state index in [4.69, 9.17) is 4.74 Å². The molecule has 0 saturated carbocycles. The van der Waals surface area contributed by atoms with Crippen molar-refractivity contribution in [3.63, 3.8) is 0 Å². The van der Waals surface area contributed by atoms with E-state index in [2.05, 4.69) is 16.3 Å². The molecule has 3 heteroatoms. The highest BCUT2D eigenvalue weighted by molar-refractivity contribution is 7.10. The largest absolute Gasteiger partial charge is 0.372 e. The Morgan fingerprint density at radius 2 is 2.19 bits per heavy atom. The molecule has 3 rings (SSSR count). The summed E-state index contributed by atoms with van der Waals surface area (Å²) in [5.41, 5.74) is 1.46. The fourth-order valence-corrected chi connectivity index (χ4v) is 3.67. The molecule has 0 N–H and O–H groups in total. The average Bonchev–Trinajstić information content (AvgIpc) is 2.80. The van der Waals surface area contributed by atoms with Gasteiger partial charge in [-0.2, -0.15) is 0 Å². The Bertz CT molecular complexity index is 343. The van der Waals surface area contributed by atoms with Gasteiger partial charge < -0.3 is 9.64 Å². The Kier molecular flexibility index (Phi) is 3.27. The Morgan fingerprint density at radius 3 is 3.06 bits per heavy atom. The molecule has 1 atom stereocenters. The third-order valence-electron chi connectivity index (χ3n) is 3.65. The first-order valence-electron chi connectivity index (χ1n) is 6.34. The van der Waals surface area contributed by atoms with E-state index in [-0.39, 0.29) is 0 Å². The minimum absolute atomic E-state index is 0.341. The standard InChI is InChI=1S/C13H19NOS/c1-2-6-14(7-3-1)10-12-11-5-9-16-13(11)4-8-15-12/h5,9,12H,1-4,6-8,10H2/t12-/m1/s1. The molecule has 0 aromatic carbocycles.